The molecule has 0 spiro atoms. The van der Waals surface area contributed by atoms with Crippen molar-refractivity contribution >= 4 is 34.0 Å². The minimum Gasteiger partial charge on any atom is -0.372 e. The van der Waals surface area contributed by atoms with Crippen LogP contribution < -0.4 is 5.32 Å². The van der Waals surface area contributed by atoms with Gasteiger partial charge in [-0.2, -0.15) is 0 Å². The van der Waals surface area contributed by atoms with Crippen LogP contribution in [0.3, 0.4) is 0 Å². The second-order valence-corrected chi connectivity index (χ2v) is 16.1. The van der Waals surface area contributed by atoms with Crippen molar-refractivity contribution in [1.82, 2.24) is 29.6 Å². The molecule has 52 heavy (non-hydrogen) atoms. The first-order valence-corrected chi connectivity index (χ1v) is 20.2. The molecule has 9 heterocycles. The first-order chi connectivity index (χ1) is 23.7. The normalized spacial score (nSPS) is 22.8. The van der Waals surface area contributed by atoms with Crippen LogP contribution in [0.5, 0.6) is 0 Å². The van der Waals surface area contributed by atoms with Gasteiger partial charge in [0.05, 0.1) is 44.9 Å². The Hall–Kier alpha value is -1.97. The fourth-order valence-corrected chi connectivity index (χ4v) is 9.85. The van der Waals surface area contributed by atoms with Gasteiger partial charge in [-0.25, -0.2) is 4.98 Å². The zero-order valence-electron chi connectivity index (χ0n) is 28.1. The number of fused-ring (bicyclic) bond motifs is 3. The molecule has 0 radical (unpaired) electrons. The lowest BCUT2D eigenvalue weighted by molar-refractivity contribution is 0.00754. The van der Waals surface area contributed by atoms with Crippen LogP contribution in [0.4, 0.5) is 0 Å². The zero-order chi connectivity index (χ0) is 32.5. The predicted octanol–water partition coefficient (Wildman–Crippen LogP) is 7.68. The summed E-state index contributed by atoms with van der Waals surface area (Å²) in [6.45, 7) is 14.9. The third-order valence-corrected chi connectivity index (χ3v) is 12.9. The lowest BCUT2D eigenvalue weighted by Crippen LogP contribution is -2.46. The molecule has 9 nitrogen and oxygen atoms in total. The summed E-state index contributed by atoms with van der Waals surface area (Å²) in [5, 5.41) is 9.94. The van der Waals surface area contributed by atoms with Crippen molar-refractivity contribution in [2.45, 2.75) is 73.8 Å². The molecule has 2 fully saturated rings. The van der Waals surface area contributed by atoms with E-state index in [0.29, 0.717) is 12.2 Å². The van der Waals surface area contributed by atoms with Crippen LogP contribution in [0.1, 0.15) is 79.3 Å². The highest BCUT2D eigenvalue weighted by atomic mass is 32.1. The van der Waals surface area contributed by atoms with Gasteiger partial charge in [0.2, 0.25) is 0 Å². The number of nitrogens with zero attached hydrogens (tertiary/aromatic N) is 5. The molecule has 3 unspecified atom stereocenters. The number of hydrogen-bond donors (Lipinski definition) is 1. The molecule has 9 rings (SSSR count). The van der Waals surface area contributed by atoms with E-state index in [0.717, 1.165) is 84.9 Å². The molecule has 12 heteroatoms. The molecule has 0 saturated carbocycles. The third-order valence-electron chi connectivity index (χ3n) is 9.91. The Morgan fingerprint density at radius 2 is 1.08 bits per heavy atom. The van der Waals surface area contributed by atoms with Gasteiger partial charge >= 0.3 is 0 Å². The van der Waals surface area contributed by atoms with Crippen molar-refractivity contribution in [1.29, 1.82) is 0 Å². The monoisotopic (exact) mass is 774 g/mol. The minimum absolute atomic E-state index is 0. The summed E-state index contributed by atoms with van der Waals surface area (Å²) in [7, 11) is 2.20. The smallest absolute Gasteiger partial charge is 0.101 e. The molecule has 4 aromatic heterocycles. The number of rotatable bonds is 6. The third kappa shape index (κ3) is 11.8. The highest BCUT2D eigenvalue weighted by Gasteiger charge is 2.27. The summed E-state index contributed by atoms with van der Waals surface area (Å²) in [5.41, 5.74) is 4.25. The molecular formula is C40H66N6O3S3. The van der Waals surface area contributed by atoms with Gasteiger partial charge in [-0.05, 0) is 58.1 Å². The Morgan fingerprint density at radius 1 is 0.635 bits per heavy atom. The first kappa shape index (κ1) is 44.4. The van der Waals surface area contributed by atoms with Gasteiger partial charge in [0.1, 0.15) is 6.10 Å². The van der Waals surface area contributed by atoms with E-state index < -0.39 is 0 Å². The molecule has 2 saturated heterocycles. The number of imidazole rings is 1. The number of hydrogen-bond acceptors (Lipinski definition) is 11. The molecular weight excluding hydrogens is 709 g/mol. The topological polar surface area (TPSA) is 67.3 Å². The summed E-state index contributed by atoms with van der Waals surface area (Å²) in [6.07, 6.45) is 9.71. The van der Waals surface area contributed by atoms with Gasteiger partial charge in [0.25, 0.3) is 0 Å². The second kappa shape index (κ2) is 22.4. The Bertz CT molecular complexity index is 1510. The molecule has 4 aromatic rings. The molecule has 0 bridgehead atoms. The average Bonchev–Trinajstić information content (AvgIpc) is 3.95. The number of nitrogens with one attached hydrogen (secondary N) is 1. The van der Waals surface area contributed by atoms with Crippen LogP contribution in [0, 0.1) is 0 Å². The van der Waals surface area contributed by atoms with E-state index in [9.17, 15) is 0 Å². The summed E-state index contributed by atoms with van der Waals surface area (Å²) < 4.78 is 19.7. The van der Waals surface area contributed by atoms with Crippen LogP contribution in [-0.2, 0) is 40.0 Å². The number of piperazine rings is 2. The number of thiophene rings is 3. The van der Waals surface area contributed by atoms with Crippen LogP contribution in [0.25, 0.3) is 0 Å². The number of ether oxygens (including phenoxy) is 3. The molecule has 0 aliphatic carbocycles. The van der Waals surface area contributed by atoms with Gasteiger partial charge < -0.3 is 29.0 Å². The summed E-state index contributed by atoms with van der Waals surface area (Å²) in [4.78, 5) is 16.0. The quantitative estimate of drug-likeness (QED) is 0.214. The summed E-state index contributed by atoms with van der Waals surface area (Å²) in [5.74, 6) is 0. The largest absolute Gasteiger partial charge is 0.372 e. The predicted molar refractivity (Wildman–Crippen MR) is 223 cm³/mol. The van der Waals surface area contributed by atoms with Crippen molar-refractivity contribution in [2.24, 2.45) is 0 Å². The van der Waals surface area contributed by atoms with E-state index >= 15 is 0 Å². The van der Waals surface area contributed by atoms with Gasteiger partial charge in [-0.1, -0.05) is 29.7 Å². The molecule has 0 amide bonds. The fourth-order valence-electron chi connectivity index (χ4n) is 7.11. The summed E-state index contributed by atoms with van der Waals surface area (Å²) in [6, 6.07) is 6.67. The average molecular weight is 775 g/mol. The molecule has 292 valence electrons. The van der Waals surface area contributed by atoms with Crippen LogP contribution in [0.15, 0.2) is 53.1 Å². The minimum atomic E-state index is 0. The van der Waals surface area contributed by atoms with Crippen LogP contribution in [0.2, 0.25) is 0 Å². The van der Waals surface area contributed by atoms with E-state index in [2.05, 4.69) is 71.0 Å². The number of aromatic nitrogens is 2. The van der Waals surface area contributed by atoms with Gasteiger partial charge in [0, 0.05) is 112 Å². The Morgan fingerprint density at radius 3 is 1.52 bits per heavy atom. The summed E-state index contributed by atoms with van der Waals surface area (Å²) >= 11 is 5.60. The van der Waals surface area contributed by atoms with E-state index in [1.807, 2.05) is 46.5 Å². The molecule has 5 aliphatic heterocycles. The van der Waals surface area contributed by atoms with E-state index in [1.165, 1.54) is 57.5 Å². The lowest BCUT2D eigenvalue weighted by atomic mass is 10.1. The standard InChI is InChI=1S/C13H20N2OS.C12H18N2OS.C11H12N2OS.4CH4/c1-14-4-6-15(7-5-14)10-12-11-3-9-17-13(11)2-8-16-12;1-7-15-11(10-2-8-16-12(1)10)9-14-5-3-13-4-6-14;1-5-14-10(7-13-4-3-12-8-13)9-2-6-15-11(1)9;;;;/h3,9,12H,2,4-8,10H2,1H3;2,8,11,13H,1,3-7,9H2;2-4,6,8,10H,1,5,7H2;4*1H4. The SMILES string of the molecule is C.C.C.C.CN1CCN(CC2OCCc3sccc32)CC1.c1cc2c(s1)CCOC2CN1CCNCC1.c1cn(CC2OCCc3sccc32)cn1. The zero-order valence-corrected chi connectivity index (χ0v) is 30.6. The van der Waals surface area contributed by atoms with Crippen LogP contribution >= 0.6 is 34.0 Å². The van der Waals surface area contributed by atoms with E-state index in [-0.39, 0.29) is 35.8 Å². The Kier molecular flexibility index (Phi) is 19.2. The maximum Gasteiger partial charge on any atom is 0.101 e. The Balaban J connectivity index is 0.000000203. The maximum absolute atomic E-state index is 5.94. The van der Waals surface area contributed by atoms with Crippen LogP contribution in [-0.4, -0.2) is 117 Å². The van der Waals surface area contributed by atoms with E-state index in [4.69, 9.17) is 14.2 Å². The van der Waals surface area contributed by atoms with Crippen molar-refractivity contribution in [3.63, 3.8) is 0 Å². The molecule has 0 aromatic carbocycles. The molecule has 5 aliphatic rings. The van der Waals surface area contributed by atoms with Gasteiger partial charge in [-0.15, -0.1) is 34.0 Å². The first-order valence-electron chi connectivity index (χ1n) is 17.5. The fraction of sp³-hybridized carbons (Fsp3) is 0.625. The molecule has 1 N–H and O–H groups in total. The van der Waals surface area contributed by atoms with Crippen molar-refractivity contribution in [3.8, 4) is 0 Å². The van der Waals surface area contributed by atoms with Gasteiger partial charge in [0.15, 0.2) is 0 Å². The van der Waals surface area contributed by atoms with Crippen molar-refractivity contribution in [2.75, 3.05) is 92.3 Å². The highest BCUT2D eigenvalue weighted by Crippen LogP contribution is 2.34. The second-order valence-electron chi connectivity index (χ2n) is 13.1. The lowest BCUT2D eigenvalue weighted by Gasteiger charge is -2.35. The van der Waals surface area contributed by atoms with E-state index in [1.54, 1.807) is 6.20 Å². The Labute approximate surface area is 326 Å². The molecule has 3 atom stereocenters. The van der Waals surface area contributed by atoms with Gasteiger partial charge in [-0.3, -0.25) is 9.80 Å². The van der Waals surface area contributed by atoms with Crippen molar-refractivity contribution in [3.05, 3.63) is 84.4 Å². The highest BCUT2D eigenvalue weighted by molar-refractivity contribution is 7.10. The maximum atomic E-state index is 5.94. The number of likely N-dealkylation sites (N-methyl/N-ethyl adjacent to an activating group) is 1. The van der Waals surface area contributed by atoms with Crippen molar-refractivity contribution < 1.29 is 14.2 Å².